The van der Waals surface area contributed by atoms with Crippen LogP contribution in [0.3, 0.4) is 0 Å². The molecule has 0 saturated carbocycles. The number of carbonyl (C=O) groups is 2. The summed E-state index contributed by atoms with van der Waals surface area (Å²) in [6.45, 7) is 1.78. The lowest BCUT2D eigenvalue weighted by atomic mass is 10.3. The van der Waals surface area contributed by atoms with E-state index in [-0.39, 0.29) is 5.91 Å². The summed E-state index contributed by atoms with van der Waals surface area (Å²) in [5, 5.41) is 11.3. The second-order valence-electron chi connectivity index (χ2n) is 3.97. The standard InChI is InChI=1S/C13H16BrNO4S/c1-9(16)15-12(13(17)18)8-20-6-5-19-11-4-2-3-10(14)7-11/h2-4,7,12H,5-6,8H2,1H3,(H,15,16)(H,17,18). The van der Waals surface area contributed by atoms with Crippen LogP contribution < -0.4 is 10.1 Å². The SMILES string of the molecule is CC(=O)NC(CSCCOc1cccc(Br)c1)C(=O)O. The van der Waals surface area contributed by atoms with Gasteiger partial charge in [0.15, 0.2) is 0 Å². The number of halogens is 1. The van der Waals surface area contributed by atoms with Crippen molar-refractivity contribution >= 4 is 39.6 Å². The van der Waals surface area contributed by atoms with Crippen LogP contribution in [0.4, 0.5) is 0 Å². The number of nitrogens with one attached hydrogen (secondary N) is 1. The first-order chi connectivity index (χ1) is 9.49. The predicted octanol–water partition coefficient (Wildman–Crippen LogP) is 2.15. The minimum atomic E-state index is -1.03. The first kappa shape index (κ1) is 16.8. The van der Waals surface area contributed by atoms with Crippen molar-refractivity contribution in [2.75, 3.05) is 18.1 Å². The minimum absolute atomic E-state index is 0.316. The zero-order valence-electron chi connectivity index (χ0n) is 11.0. The molecule has 0 radical (unpaired) electrons. The molecule has 0 bridgehead atoms. The molecule has 0 aromatic heterocycles. The van der Waals surface area contributed by atoms with E-state index < -0.39 is 12.0 Å². The fourth-order valence-corrected chi connectivity index (χ4v) is 2.60. The van der Waals surface area contributed by atoms with Crippen LogP contribution in [0.15, 0.2) is 28.7 Å². The van der Waals surface area contributed by atoms with Gasteiger partial charge in [-0.1, -0.05) is 22.0 Å². The molecule has 0 spiro atoms. The van der Waals surface area contributed by atoms with Gasteiger partial charge >= 0.3 is 5.97 Å². The van der Waals surface area contributed by atoms with Crippen LogP contribution in [-0.4, -0.2) is 41.1 Å². The molecule has 5 nitrogen and oxygen atoms in total. The molecule has 7 heteroatoms. The Morgan fingerprint density at radius 1 is 1.50 bits per heavy atom. The Hall–Kier alpha value is -1.21. The Balaban J connectivity index is 2.23. The van der Waals surface area contributed by atoms with Gasteiger partial charge in [-0.2, -0.15) is 11.8 Å². The lowest BCUT2D eigenvalue weighted by molar-refractivity contribution is -0.140. The summed E-state index contributed by atoms with van der Waals surface area (Å²) in [5.74, 6) is 0.354. The van der Waals surface area contributed by atoms with Crippen molar-refractivity contribution in [1.82, 2.24) is 5.32 Å². The van der Waals surface area contributed by atoms with Crippen molar-refractivity contribution in [2.24, 2.45) is 0 Å². The zero-order valence-corrected chi connectivity index (χ0v) is 13.4. The number of carboxylic acids is 1. The molecule has 0 saturated heterocycles. The van der Waals surface area contributed by atoms with Crippen molar-refractivity contribution in [1.29, 1.82) is 0 Å². The second-order valence-corrected chi connectivity index (χ2v) is 6.04. The van der Waals surface area contributed by atoms with Gasteiger partial charge in [0.05, 0.1) is 6.61 Å². The molecule has 0 fully saturated rings. The van der Waals surface area contributed by atoms with Crippen LogP contribution in [0, 0.1) is 0 Å². The fraction of sp³-hybridized carbons (Fsp3) is 0.385. The number of ether oxygens (including phenoxy) is 1. The quantitative estimate of drug-likeness (QED) is 0.693. The van der Waals surface area contributed by atoms with E-state index in [1.165, 1.54) is 18.7 Å². The third-order valence-electron chi connectivity index (χ3n) is 2.25. The summed E-state index contributed by atoms with van der Waals surface area (Å²) in [7, 11) is 0. The van der Waals surface area contributed by atoms with Gasteiger partial charge in [-0.25, -0.2) is 4.79 Å². The number of hydrogen-bond donors (Lipinski definition) is 2. The lowest BCUT2D eigenvalue weighted by Gasteiger charge is -2.12. The summed E-state index contributed by atoms with van der Waals surface area (Å²) in [5.41, 5.74) is 0. The normalized spacial score (nSPS) is 11.7. The van der Waals surface area contributed by atoms with Crippen molar-refractivity contribution in [3.63, 3.8) is 0 Å². The fourth-order valence-electron chi connectivity index (χ4n) is 1.40. The molecule has 0 aliphatic rings. The van der Waals surface area contributed by atoms with E-state index in [1.807, 2.05) is 24.3 Å². The highest BCUT2D eigenvalue weighted by Crippen LogP contribution is 2.18. The summed E-state index contributed by atoms with van der Waals surface area (Å²) in [6.07, 6.45) is 0. The van der Waals surface area contributed by atoms with Crippen molar-refractivity contribution < 1.29 is 19.4 Å². The van der Waals surface area contributed by atoms with Gasteiger partial charge in [0, 0.05) is 22.9 Å². The largest absolute Gasteiger partial charge is 0.493 e. The Morgan fingerprint density at radius 2 is 2.25 bits per heavy atom. The van der Waals surface area contributed by atoms with E-state index in [2.05, 4.69) is 21.2 Å². The molecular weight excluding hydrogens is 346 g/mol. The monoisotopic (exact) mass is 361 g/mol. The average Bonchev–Trinajstić information content (AvgIpc) is 2.36. The highest BCUT2D eigenvalue weighted by molar-refractivity contribution is 9.10. The Labute approximate surface area is 130 Å². The van der Waals surface area contributed by atoms with E-state index >= 15 is 0 Å². The van der Waals surface area contributed by atoms with Gasteiger partial charge in [0.25, 0.3) is 0 Å². The Kier molecular flexibility index (Phi) is 7.46. The molecule has 0 aliphatic carbocycles. The maximum absolute atomic E-state index is 10.9. The van der Waals surface area contributed by atoms with Crippen LogP contribution in [0.2, 0.25) is 0 Å². The second kappa shape index (κ2) is 8.86. The number of amides is 1. The van der Waals surface area contributed by atoms with Gasteiger partial charge in [-0.05, 0) is 18.2 Å². The van der Waals surface area contributed by atoms with Gasteiger partial charge in [0.2, 0.25) is 5.91 Å². The van der Waals surface area contributed by atoms with E-state index in [1.54, 1.807) is 0 Å². The number of thioether (sulfide) groups is 1. The third kappa shape index (κ3) is 6.81. The number of benzene rings is 1. The summed E-state index contributed by atoms with van der Waals surface area (Å²) < 4.78 is 6.47. The van der Waals surface area contributed by atoms with Crippen LogP contribution in [0.1, 0.15) is 6.92 Å². The number of carbonyl (C=O) groups excluding carboxylic acids is 1. The van der Waals surface area contributed by atoms with Gasteiger partial charge in [-0.15, -0.1) is 0 Å². The van der Waals surface area contributed by atoms with Crippen molar-refractivity contribution in [3.05, 3.63) is 28.7 Å². The van der Waals surface area contributed by atoms with E-state index in [0.717, 1.165) is 10.2 Å². The topological polar surface area (TPSA) is 75.6 Å². The number of carboxylic acid groups (broad SMARTS) is 1. The molecule has 2 N–H and O–H groups in total. The van der Waals surface area contributed by atoms with Gasteiger partial charge < -0.3 is 15.2 Å². The van der Waals surface area contributed by atoms with Gasteiger partial charge in [0.1, 0.15) is 11.8 Å². The first-order valence-electron chi connectivity index (χ1n) is 5.95. The van der Waals surface area contributed by atoms with E-state index in [9.17, 15) is 9.59 Å². The zero-order chi connectivity index (χ0) is 15.0. The van der Waals surface area contributed by atoms with Crippen molar-refractivity contribution in [3.8, 4) is 5.75 Å². The Bertz CT molecular complexity index is 469. The van der Waals surface area contributed by atoms with E-state index in [0.29, 0.717) is 18.1 Å². The molecule has 1 amide bonds. The summed E-state index contributed by atoms with van der Waals surface area (Å²) in [4.78, 5) is 21.7. The smallest absolute Gasteiger partial charge is 0.327 e. The maximum atomic E-state index is 10.9. The highest BCUT2D eigenvalue weighted by Gasteiger charge is 2.17. The summed E-state index contributed by atoms with van der Waals surface area (Å²) in [6, 6.07) is 6.65. The number of rotatable bonds is 8. The molecule has 20 heavy (non-hydrogen) atoms. The minimum Gasteiger partial charge on any atom is -0.493 e. The molecule has 110 valence electrons. The molecule has 0 heterocycles. The molecule has 1 rings (SSSR count). The molecule has 1 atom stereocenters. The third-order valence-corrected chi connectivity index (χ3v) is 3.77. The van der Waals surface area contributed by atoms with Crippen LogP contribution in [0.25, 0.3) is 0 Å². The lowest BCUT2D eigenvalue weighted by Crippen LogP contribution is -2.41. The summed E-state index contributed by atoms with van der Waals surface area (Å²) >= 11 is 4.77. The number of hydrogen-bond acceptors (Lipinski definition) is 4. The molecule has 1 aromatic carbocycles. The highest BCUT2D eigenvalue weighted by atomic mass is 79.9. The predicted molar refractivity (Wildman–Crippen MR) is 82.2 cm³/mol. The Morgan fingerprint density at radius 3 is 2.85 bits per heavy atom. The van der Waals surface area contributed by atoms with Crippen molar-refractivity contribution in [2.45, 2.75) is 13.0 Å². The molecule has 0 aliphatic heterocycles. The maximum Gasteiger partial charge on any atom is 0.327 e. The van der Waals surface area contributed by atoms with Crippen LogP contribution >= 0.6 is 27.7 Å². The number of aliphatic carboxylic acids is 1. The van der Waals surface area contributed by atoms with E-state index in [4.69, 9.17) is 9.84 Å². The average molecular weight is 362 g/mol. The molecule has 1 unspecified atom stereocenters. The molecular formula is C13H16BrNO4S. The van der Waals surface area contributed by atoms with Crippen LogP contribution in [0.5, 0.6) is 5.75 Å². The van der Waals surface area contributed by atoms with Gasteiger partial charge in [-0.3, -0.25) is 4.79 Å². The van der Waals surface area contributed by atoms with Crippen LogP contribution in [-0.2, 0) is 9.59 Å². The first-order valence-corrected chi connectivity index (χ1v) is 7.90. The molecule has 1 aromatic rings.